The first kappa shape index (κ1) is 26.6. The van der Waals surface area contributed by atoms with Gasteiger partial charge in [0.05, 0.1) is 33.5 Å². The SMILES string of the molecule is COC(=O)C1C(C)=NC(C)=C(C(=O)OCc2cc([N+](=O)[O-])cc([N+](=O)[O-])c2)C1c1cccc([N+](=O)[O-])c1. The molecule has 0 radical (unpaired) electrons. The fourth-order valence-electron chi connectivity index (χ4n) is 4.10. The van der Waals surface area contributed by atoms with E-state index in [0.717, 1.165) is 25.3 Å². The molecular weight excluding hydrogens is 492 g/mol. The summed E-state index contributed by atoms with van der Waals surface area (Å²) in [5.41, 5.74) is -0.731. The molecule has 1 aliphatic heterocycles. The number of non-ortho nitro benzene ring substituents is 3. The van der Waals surface area contributed by atoms with Crippen molar-refractivity contribution in [1.82, 2.24) is 0 Å². The van der Waals surface area contributed by atoms with Crippen molar-refractivity contribution in [2.24, 2.45) is 10.9 Å². The Labute approximate surface area is 208 Å². The molecule has 2 unspecified atom stereocenters. The minimum Gasteiger partial charge on any atom is -0.468 e. The normalized spacial score (nSPS) is 17.0. The summed E-state index contributed by atoms with van der Waals surface area (Å²) in [4.78, 5) is 61.7. The van der Waals surface area contributed by atoms with Gasteiger partial charge >= 0.3 is 11.9 Å². The number of nitro benzene ring substituents is 3. The highest BCUT2D eigenvalue weighted by Crippen LogP contribution is 2.41. The van der Waals surface area contributed by atoms with Crippen molar-refractivity contribution in [3.05, 3.63) is 95.2 Å². The third-order valence-corrected chi connectivity index (χ3v) is 5.70. The summed E-state index contributed by atoms with van der Waals surface area (Å²) in [6.45, 7) is 2.49. The number of carbonyl (C=O) groups is 2. The molecule has 0 aromatic heterocycles. The van der Waals surface area contributed by atoms with Crippen LogP contribution in [0.3, 0.4) is 0 Å². The molecule has 2 atom stereocenters. The minimum atomic E-state index is -1.10. The number of ether oxygens (including phenoxy) is 2. The second-order valence-electron chi connectivity index (χ2n) is 8.03. The van der Waals surface area contributed by atoms with Crippen LogP contribution in [-0.4, -0.2) is 39.5 Å². The first-order valence-corrected chi connectivity index (χ1v) is 10.6. The van der Waals surface area contributed by atoms with Crippen molar-refractivity contribution >= 4 is 34.7 Å². The predicted molar refractivity (Wildman–Crippen MR) is 127 cm³/mol. The number of esters is 2. The van der Waals surface area contributed by atoms with E-state index >= 15 is 0 Å². The van der Waals surface area contributed by atoms with Crippen molar-refractivity contribution in [2.45, 2.75) is 26.4 Å². The van der Waals surface area contributed by atoms with Crippen LogP contribution >= 0.6 is 0 Å². The van der Waals surface area contributed by atoms with E-state index in [0.29, 0.717) is 5.71 Å². The van der Waals surface area contributed by atoms with Gasteiger partial charge in [-0.2, -0.15) is 0 Å². The summed E-state index contributed by atoms with van der Waals surface area (Å²) in [5, 5.41) is 33.7. The van der Waals surface area contributed by atoms with E-state index in [4.69, 9.17) is 9.47 Å². The Morgan fingerprint density at radius 2 is 1.51 bits per heavy atom. The van der Waals surface area contributed by atoms with Gasteiger partial charge in [-0.05, 0) is 19.4 Å². The highest BCUT2D eigenvalue weighted by atomic mass is 16.6. The van der Waals surface area contributed by atoms with Crippen LogP contribution < -0.4 is 0 Å². The third-order valence-electron chi connectivity index (χ3n) is 5.70. The number of aliphatic imine (C=N–C) groups is 1. The van der Waals surface area contributed by atoms with Crippen LogP contribution in [0.25, 0.3) is 0 Å². The van der Waals surface area contributed by atoms with Crippen LogP contribution in [0.1, 0.15) is 30.9 Å². The molecule has 0 N–H and O–H groups in total. The molecule has 0 saturated heterocycles. The van der Waals surface area contributed by atoms with Gasteiger partial charge < -0.3 is 9.47 Å². The molecule has 0 aliphatic carbocycles. The zero-order valence-electron chi connectivity index (χ0n) is 19.8. The molecule has 37 heavy (non-hydrogen) atoms. The Bertz CT molecular complexity index is 1350. The van der Waals surface area contributed by atoms with E-state index in [2.05, 4.69) is 4.99 Å². The first-order valence-electron chi connectivity index (χ1n) is 10.6. The Hall–Kier alpha value is -5.01. The summed E-state index contributed by atoms with van der Waals surface area (Å²) in [6, 6.07) is 8.23. The average molecular weight is 512 g/mol. The molecule has 0 bridgehead atoms. The maximum Gasteiger partial charge on any atom is 0.336 e. The van der Waals surface area contributed by atoms with E-state index in [1.54, 1.807) is 6.92 Å². The molecule has 14 nitrogen and oxygen atoms in total. The summed E-state index contributed by atoms with van der Waals surface area (Å²) >= 11 is 0. The number of allylic oxidation sites excluding steroid dienone is 1. The van der Waals surface area contributed by atoms with Gasteiger partial charge in [0.25, 0.3) is 17.1 Å². The van der Waals surface area contributed by atoms with Crippen molar-refractivity contribution in [3.63, 3.8) is 0 Å². The van der Waals surface area contributed by atoms with Gasteiger partial charge in [0.2, 0.25) is 0 Å². The lowest BCUT2D eigenvalue weighted by Gasteiger charge is -2.31. The zero-order valence-corrected chi connectivity index (χ0v) is 19.8. The van der Waals surface area contributed by atoms with E-state index in [1.807, 2.05) is 0 Å². The fraction of sp³-hybridized carbons (Fsp3) is 0.261. The lowest BCUT2D eigenvalue weighted by molar-refractivity contribution is -0.394. The van der Waals surface area contributed by atoms with Crippen molar-refractivity contribution in [3.8, 4) is 0 Å². The van der Waals surface area contributed by atoms with E-state index in [1.165, 1.54) is 31.2 Å². The average Bonchev–Trinajstić information content (AvgIpc) is 2.86. The molecule has 2 aromatic rings. The maximum atomic E-state index is 13.3. The number of benzene rings is 2. The van der Waals surface area contributed by atoms with Crippen molar-refractivity contribution in [2.75, 3.05) is 7.11 Å². The van der Waals surface area contributed by atoms with E-state index in [9.17, 15) is 39.9 Å². The molecule has 1 heterocycles. The van der Waals surface area contributed by atoms with Crippen LogP contribution in [0.5, 0.6) is 0 Å². The van der Waals surface area contributed by atoms with E-state index < -0.39 is 56.5 Å². The molecule has 0 spiro atoms. The Kier molecular flexibility index (Phi) is 7.70. The first-order chi connectivity index (χ1) is 17.4. The van der Waals surface area contributed by atoms with Gasteiger partial charge in [0.1, 0.15) is 12.5 Å². The standard InChI is InChI=1S/C23H20N4O10/c1-12-19(22(28)36-3)21(15-5-4-6-16(9-15)25(30)31)20(13(2)24-12)23(29)37-11-14-7-17(26(32)33)10-18(8-14)27(34)35/h4-10,19,21H,11H2,1-3H3. The largest absolute Gasteiger partial charge is 0.468 e. The van der Waals surface area contributed by atoms with Gasteiger partial charge in [0.15, 0.2) is 0 Å². The Morgan fingerprint density at radius 1 is 0.919 bits per heavy atom. The smallest absolute Gasteiger partial charge is 0.336 e. The quantitative estimate of drug-likeness (QED) is 0.285. The molecular formula is C23H20N4O10. The molecule has 0 fully saturated rings. The minimum absolute atomic E-state index is 0.0144. The Balaban J connectivity index is 2.04. The fourth-order valence-corrected chi connectivity index (χ4v) is 4.10. The molecule has 3 rings (SSSR count). The summed E-state index contributed by atoms with van der Waals surface area (Å²) < 4.78 is 10.2. The van der Waals surface area contributed by atoms with Crippen LogP contribution in [-0.2, 0) is 25.7 Å². The number of hydrogen-bond acceptors (Lipinski definition) is 11. The maximum absolute atomic E-state index is 13.3. The zero-order chi connectivity index (χ0) is 27.4. The lowest BCUT2D eigenvalue weighted by atomic mass is 9.75. The molecule has 192 valence electrons. The highest BCUT2D eigenvalue weighted by Gasteiger charge is 2.42. The monoisotopic (exact) mass is 512 g/mol. The van der Waals surface area contributed by atoms with Crippen LogP contribution in [0, 0.1) is 36.3 Å². The number of nitrogens with zero attached hydrogens (tertiary/aromatic N) is 4. The van der Waals surface area contributed by atoms with Gasteiger partial charge in [-0.25, -0.2) is 4.79 Å². The molecule has 0 amide bonds. The molecule has 0 saturated carbocycles. The summed E-state index contributed by atoms with van der Waals surface area (Å²) in [5.74, 6) is -3.85. The van der Waals surface area contributed by atoms with Crippen LogP contribution in [0.2, 0.25) is 0 Å². The second kappa shape index (κ2) is 10.7. The van der Waals surface area contributed by atoms with Crippen LogP contribution in [0.4, 0.5) is 17.1 Å². The lowest BCUT2D eigenvalue weighted by Crippen LogP contribution is -2.36. The van der Waals surface area contributed by atoms with Gasteiger partial charge in [-0.3, -0.25) is 40.1 Å². The Morgan fingerprint density at radius 3 is 2.05 bits per heavy atom. The summed E-state index contributed by atoms with van der Waals surface area (Å²) in [7, 11) is 1.15. The van der Waals surface area contributed by atoms with Gasteiger partial charge in [-0.15, -0.1) is 0 Å². The number of nitro groups is 3. The molecule has 1 aliphatic rings. The van der Waals surface area contributed by atoms with Gasteiger partial charge in [0, 0.05) is 47.2 Å². The van der Waals surface area contributed by atoms with Crippen molar-refractivity contribution in [1.29, 1.82) is 0 Å². The van der Waals surface area contributed by atoms with Crippen molar-refractivity contribution < 1.29 is 33.8 Å². The topological polar surface area (TPSA) is 194 Å². The third kappa shape index (κ3) is 5.63. The second-order valence-corrected chi connectivity index (χ2v) is 8.03. The molecule has 2 aromatic carbocycles. The van der Waals surface area contributed by atoms with E-state index in [-0.39, 0.29) is 28.1 Å². The predicted octanol–water partition coefficient (Wildman–Crippen LogP) is 3.78. The highest BCUT2D eigenvalue weighted by molar-refractivity contribution is 6.07. The number of methoxy groups -OCH3 is 1. The van der Waals surface area contributed by atoms with Gasteiger partial charge in [-0.1, -0.05) is 12.1 Å². The molecule has 14 heteroatoms. The summed E-state index contributed by atoms with van der Waals surface area (Å²) in [6.07, 6.45) is 0. The number of rotatable bonds is 8. The number of carbonyl (C=O) groups excluding carboxylic acids is 2. The van der Waals surface area contributed by atoms with Crippen LogP contribution in [0.15, 0.2) is 58.7 Å². The number of hydrogen-bond donors (Lipinski definition) is 0.